The van der Waals surface area contributed by atoms with E-state index in [0.29, 0.717) is 6.54 Å². The Morgan fingerprint density at radius 3 is 2.95 bits per heavy atom. The maximum atomic E-state index is 12.2. The smallest absolute Gasteiger partial charge is 0.317 e. The van der Waals surface area contributed by atoms with E-state index in [0.717, 1.165) is 30.7 Å². The normalized spacial score (nSPS) is 23.0. The molecule has 6 heteroatoms. The molecule has 0 aromatic carbocycles. The van der Waals surface area contributed by atoms with Gasteiger partial charge in [0, 0.05) is 30.6 Å². The highest BCUT2D eigenvalue weighted by atomic mass is 32.1. The first kappa shape index (κ1) is 16.2. The highest BCUT2D eigenvalue weighted by Gasteiger charge is 2.27. The van der Waals surface area contributed by atoms with Crippen LogP contribution >= 0.6 is 11.3 Å². The third kappa shape index (κ3) is 4.17. The van der Waals surface area contributed by atoms with E-state index in [4.69, 9.17) is 0 Å². The number of urea groups is 1. The van der Waals surface area contributed by atoms with Gasteiger partial charge in [0.1, 0.15) is 5.01 Å². The average Bonchev–Trinajstić information content (AvgIpc) is 3.08. The van der Waals surface area contributed by atoms with Crippen LogP contribution in [-0.4, -0.2) is 40.7 Å². The molecule has 118 valence electrons. The van der Waals surface area contributed by atoms with Crippen LogP contribution < -0.4 is 5.32 Å². The van der Waals surface area contributed by atoms with Crippen LogP contribution in [0.15, 0.2) is 6.20 Å². The zero-order chi connectivity index (χ0) is 15.4. The van der Waals surface area contributed by atoms with Gasteiger partial charge < -0.3 is 15.3 Å². The van der Waals surface area contributed by atoms with Crippen LogP contribution in [0.1, 0.15) is 49.0 Å². The minimum Gasteiger partial charge on any atom is -0.393 e. The summed E-state index contributed by atoms with van der Waals surface area (Å²) in [5.41, 5.74) is 0. The van der Waals surface area contributed by atoms with Crippen molar-refractivity contribution in [2.45, 2.75) is 51.7 Å². The molecule has 2 rings (SSSR count). The zero-order valence-electron chi connectivity index (χ0n) is 13.0. The first-order valence-electron chi connectivity index (χ1n) is 7.65. The number of aliphatic hydroxyl groups is 1. The van der Waals surface area contributed by atoms with E-state index in [1.165, 1.54) is 4.88 Å². The fourth-order valence-electron chi connectivity index (χ4n) is 2.71. The molecule has 0 aliphatic heterocycles. The fourth-order valence-corrected chi connectivity index (χ4v) is 3.57. The predicted octanol–water partition coefficient (Wildman–Crippen LogP) is 2.57. The van der Waals surface area contributed by atoms with Crippen LogP contribution in [0.2, 0.25) is 0 Å². The number of rotatable bonds is 5. The van der Waals surface area contributed by atoms with Gasteiger partial charge >= 0.3 is 6.03 Å². The summed E-state index contributed by atoms with van der Waals surface area (Å²) in [7, 11) is 1.78. The van der Waals surface area contributed by atoms with Gasteiger partial charge in [-0.15, -0.1) is 11.3 Å². The molecule has 21 heavy (non-hydrogen) atoms. The number of amides is 2. The van der Waals surface area contributed by atoms with Crippen LogP contribution in [0.3, 0.4) is 0 Å². The molecule has 0 radical (unpaired) electrons. The number of nitrogens with zero attached hydrogens (tertiary/aromatic N) is 2. The highest BCUT2D eigenvalue weighted by Crippen LogP contribution is 2.26. The monoisotopic (exact) mass is 311 g/mol. The number of thiazole rings is 1. The second-order valence-electron chi connectivity index (χ2n) is 5.83. The van der Waals surface area contributed by atoms with E-state index in [1.807, 2.05) is 13.1 Å². The summed E-state index contributed by atoms with van der Waals surface area (Å²) >= 11 is 1.64. The van der Waals surface area contributed by atoms with E-state index < -0.39 is 0 Å². The quantitative estimate of drug-likeness (QED) is 0.878. The molecular formula is C15H25N3O2S. The van der Waals surface area contributed by atoms with Crippen LogP contribution in [0.4, 0.5) is 4.79 Å². The van der Waals surface area contributed by atoms with Crippen molar-refractivity contribution >= 4 is 17.4 Å². The van der Waals surface area contributed by atoms with Gasteiger partial charge in [-0.1, -0.05) is 13.3 Å². The minimum absolute atomic E-state index is 0.0845. The molecule has 1 aliphatic carbocycles. The molecule has 1 aliphatic rings. The van der Waals surface area contributed by atoms with Crippen LogP contribution in [-0.2, 0) is 6.42 Å². The molecule has 2 N–H and O–H groups in total. The van der Waals surface area contributed by atoms with Gasteiger partial charge in [0.15, 0.2) is 0 Å². The van der Waals surface area contributed by atoms with E-state index in [1.54, 1.807) is 23.3 Å². The molecular weight excluding hydrogens is 286 g/mol. The number of aryl methyl sites for hydroxylation is 1. The maximum absolute atomic E-state index is 12.2. The van der Waals surface area contributed by atoms with Gasteiger partial charge in [-0.3, -0.25) is 0 Å². The summed E-state index contributed by atoms with van der Waals surface area (Å²) in [6, 6.07) is -0.186. The Kier molecular flexibility index (Phi) is 5.58. The average molecular weight is 311 g/mol. The summed E-state index contributed by atoms with van der Waals surface area (Å²) in [5.74, 6) is 0.211. The Hall–Kier alpha value is -1.14. The molecule has 2 amide bonds. The molecule has 1 aromatic heterocycles. The minimum atomic E-state index is -0.260. The van der Waals surface area contributed by atoms with Crippen LogP contribution in [0, 0.1) is 5.92 Å². The van der Waals surface area contributed by atoms with E-state index in [2.05, 4.69) is 17.2 Å². The third-order valence-corrected chi connectivity index (χ3v) is 5.43. The predicted molar refractivity (Wildman–Crippen MR) is 84.4 cm³/mol. The summed E-state index contributed by atoms with van der Waals surface area (Å²) in [6.07, 6.45) is 5.50. The number of aliphatic hydroxyl groups excluding tert-OH is 1. The number of hydrogen-bond donors (Lipinski definition) is 2. The molecule has 3 unspecified atom stereocenters. The maximum Gasteiger partial charge on any atom is 0.317 e. The molecule has 1 aromatic rings. The molecule has 0 bridgehead atoms. The first-order valence-corrected chi connectivity index (χ1v) is 8.47. The molecule has 5 nitrogen and oxygen atoms in total. The second-order valence-corrected chi connectivity index (χ2v) is 6.98. The largest absolute Gasteiger partial charge is 0.393 e. The molecule has 3 atom stereocenters. The van der Waals surface area contributed by atoms with Gasteiger partial charge in [0.25, 0.3) is 0 Å². The van der Waals surface area contributed by atoms with Gasteiger partial charge in [0.05, 0.1) is 12.1 Å². The molecule has 0 spiro atoms. The molecule has 1 fully saturated rings. The molecule has 0 saturated heterocycles. The van der Waals surface area contributed by atoms with E-state index >= 15 is 0 Å². The molecule has 1 saturated carbocycles. The lowest BCUT2D eigenvalue weighted by Gasteiger charge is -2.24. The summed E-state index contributed by atoms with van der Waals surface area (Å²) in [5, 5.41) is 13.8. The van der Waals surface area contributed by atoms with E-state index in [9.17, 15) is 9.90 Å². The summed E-state index contributed by atoms with van der Waals surface area (Å²) in [4.78, 5) is 19.5. The van der Waals surface area contributed by atoms with Gasteiger partial charge in [0.2, 0.25) is 0 Å². The standard InChI is InChI=1S/C15H25N3O2S/c1-4-12-8-16-14(21-12)10(2)17-15(20)18(3)9-11-6-5-7-13(11)19/h8,10-11,13,19H,4-7,9H2,1-3H3,(H,17,20). The van der Waals surface area contributed by atoms with Crippen molar-refractivity contribution in [3.8, 4) is 0 Å². The van der Waals surface area contributed by atoms with E-state index in [-0.39, 0.29) is 24.1 Å². The van der Waals surface area contributed by atoms with Gasteiger partial charge in [-0.25, -0.2) is 9.78 Å². The highest BCUT2D eigenvalue weighted by molar-refractivity contribution is 7.11. The third-order valence-electron chi connectivity index (χ3n) is 4.10. The van der Waals surface area contributed by atoms with Crippen molar-refractivity contribution in [1.82, 2.24) is 15.2 Å². The fraction of sp³-hybridized carbons (Fsp3) is 0.733. The Labute approximate surface area is 130 Å². The number of nitrogens with one attached hydrogen (secondary N) is 1. The lowest BCUT2D eigenvalue weighted by Crippen LogP contribution is -2.42. The van der Waals surface area contributed by atoms with Crippen molar-refractivity contribution in [1.29, 1.82) is 0 Å². The van der Waals surface area contributed by atoms with Crippen molar-refractivity contribution in [2.75, 3.05) is 13.6 Å². The van der Waals surface area contributed by atoms with Crippen molar-refractivity contribution < 1.29 is 9.90 Å². The Morgan fingerprint density at radius 1 is 1.62 bits per heavy atom. The van der Waals surface area contributed by atoms with Crippen LogP contribution in [0.25, 0.3) is 0 Å². The Bertz CT molecular complexity index is 477. The van der Waals surface area contributed by atoms with Crippen molar-refractivity contribution in [3.63, 3.8) is 0 Å². The lowest BCUT2D eigenvalue weighted by molar-refractivity contribution is 0.113. The van der Waals surface area contributed by atoms with Crippen molar-refractivity contribution in [2.24, 2.45) is 5.92 Å². The SMILES string of the molecule is CCc1cnc(C(C)NC(=O)N(C)CC2CCCC2O)s1. The first-order chi connectivity index (χ1) is 10.0. The summed E-state index contributed by atoms with van der Waals surface area (Å²) < 4.78 is 0. The molecule has 1 heterocycles. The Balaban J connectivity index is 1.84. The lowest BCUT2D eigenvalue weighted by atomic mass is 10.1. The topological polar surface area (TPSA) is 65.5 Å². The number of hydrogen-bond acceptors (Lipinski definition) is 4. The van der Waals surface area contributed by atoms with Gasteiger partial charge in [-0.05, 0) is 26.2 Å². The number of carbonyl (C=O) groups excluding carboxylic acids is 1. The Morgan fingerprint density at radius 2 is 2.38 bits per heavy atom. The zero-order valence-corrected chi connectivity index (χ0v) is 13.8. The summed E-state index contributed by atoms with van der Waals surface area (Å²) in [6.45, 7) is 4.66. The van der Waals surface area contributed by atoms with Crippen molar-refractivity contribution in [3.05, 3.63) is 16.1 Å². The number of aromatic nitrogens is 1. The number of carbonyl (C=O) groups is 1. The van der Waals surface area contributed by atoms with Gasteiger partial charge in [-0.2, -0.15) is 0 Å². The second kappa shape index (κ2) is 7.22. The van der Waals surface area contributed by atoms with Crippen LogP contribution in [0.5, 0.6) is 0 Å².